The monoisotopic (exact) mass is 495 g/mol. The standard InChI is InChI=1S/C31H33N3O3/c1-36-26-19-13-16-24(22-26)31(20-11-3-4-12-21-31)32-29(35)27-28(23-14-7-5-8-15-23)33-34(30(27)37-2)25-17-9-6-10-18-25/h5-10,13-19,22H,3-4,11-12,20-21H2,1-2H3,(H,32,35). The molecule has 0 aliphatic heterocycles. The van der Waals surface area contributed by atoms with E-state index in [4.69, 9.17) is 14.6 Å². The summed E-state index contributed by atoms with van der Waals surface area (Å²) in [6, 6.07) is 27.6. The molecule has 1 aliphatic rings. The minimum absolute atomic E-state index is 0.192. The molecule has 0 atom stereocenters. The Morgan fingerprint density at radius 3 is 2.16 bits per heavy atom. The summed E-state index contributed by atoms with van der Waals surface area (Å²) in [5.74, 6) is 1.01. The fraction of sp³-hybridized carbons (Fsp3) is 0.290. The molecule has 1 aromatic heterocycles. The topological polar surface area (TPSA) is 65.4 Å². The number of methoxy groups -OCH3 is 2. The van der Waals surface area contributed by atoms with Gasteiger partial charge in [0.2, 0.25) is 5.88 Å². The Kier molecular flexibility index (Phi) is 7.26. The molecule has 0 unspecified atom stereocenters. The molecule has 6 heteroatoms. The molecule has 190 valence electrons. The Balaban J connectivity index is 1.64. The summed E-state index contributed by atoms with van der Waals surface area (Å²) >= 11 is 0. The number of benzene rings is 3. The minimum atomic E-state index is -0.504. The van der Waals surface area contributed by atoms with E-state index in [2.05, 4.69) is 11.4 Å². The van der Waals surface area contributed by atoms with Crippen LogP contribution in [0.4, 0.5) is 0 Å². The molecule has 4 aromatic rings. The van der Waals surface area contributed by atoms with E-state index in [-0.39, 0.29) is 5.91 Å². The van der Waals surface area contributed by atoms with Crippen molar-refractivity contribution in [2.45, 2.75) is 44.1 Å². The van der Waals surface area contributed by atoms with Crippen molar-refractivity contribution < 1.29 is 14.3 Å². The van der Waals surface area contributed by atoms with Crippen molar-refractivity contribution in [2.24, 2.45) is 0 Å². The maximum absolute atomic E-state index is 14.3. The van der Waals surface area contributed by atoms with Crippen LogP contribution in [0.2, 0.25) is 0 Å². The lowest BCUT2D eigenvalue weighted by atomic mass is 9.82. The Hall–Kier alpha value is -4.06. The van der Waals surface area contributed by atoms with Crippen LogP contribution < -0.4 is 14.8 Å². The van der Waals surface area contributed by atoms with Crippen molar-refractivity contribution >= 4 is 5.91 Å². The molecule has 0 bridgehead atoms. The summed E-state index contributed by atoms with van der Waals surface area (Å²) < 4.78 is 13.1. The smallest absolute Gasteiger partial charge is 0.259 e. The van der Waals surface area contributed by atoms with Crippen LogP contribution in [0.15, 0.2) is 84.9 Å². The molecular formula is C31H33N3O3. The number of ether oxygens (including phenoxy) is 2. The predicted molar refractivity (Wildman–Crippen MR) is 145 cm³/mol. The highest BCUT2D eigenvalue weighted by Crippen LogP contribution is 2.39. The molecule has 1 heterocycles. The lowest BCUT2D eigenvalue weighted by Gasteiger charge is -2.35. The van der Waals surface area contributed by atoms with E-state index >= 15 is 0 Å². The molecule has 1 saturated carbocycles. The molecule has 1 N–H and O–H groups in total. The molecule has 0 spiro atoms. The fourth-order valence-corrected chi connectivity index (χ4v) is 5.36. The van der Waals surface area contributed by atoms with Gasteiger partial charge in [0.15, 0.2) is 0 Å². The van der Waals surface area contributed by atoms with Crippen LogP contribution in [0.25, 0.3) is 16.9 Å². The average Bonchev–Trinajstić information content (AvgIpc) is 3.20. The highest BCUT2D eigenvalue weighted by Gasteiger charge is 2.37. The van der Waals surface area contributed by atoms with Crippen molar-refractivity contribution in [3.63, 3.8) is 0 Å². The third kappa shape index (κ3) is 4.96. The van der Waals surface area contributed by atoms with Crippen LogP contribution in [0.5, 0.6) is 11.6 Å². The first-order chi connectivity index (χ1) is 18.1. The third-order valence-corrected chi connectivity index (χ3v) is 7.24. The van der Waals surface area contributed by atoms with Gasteiger partial charge < -0.3 is 14.8 Å². The van der Waals surface area contributed by atoms with Gasteiger partial charge >= 0.3 is 0 Å². The van der Waals surface area contributed by atoms with Gasteiger partial charge in [-0.1, -0.05) is 86.3 Å². The third-order valence-electron chi connectivity index (χ3n) is 7.24. The average molecular weight is 496 g/mol. The van der Waals surface area contributed by atoms with Crippen LogP contribution in [-0.2, 0) is 5.54 Å². The summed E-state index contributed by atoms with van der Waals surface area (Å²) in [5, 5.41) is 8.37. The summed E-state index contributed by atoms with van der Waals surface area (Å²) in [7, 11) is 3.26. The van der Waals surface area contributed by atoms with Gasteiger partial charge in [0.05, 0.1) is 25.4 Å². The van der Waals surface area contributed by atoms with Crippen molar-refractivity contribution in [2.75, 3.05) is 14.2 Å². The Morgan fingerprint density at radius 2 is 1.51 bits per heavy atom. The number of carbonyl (C=O) groups excluding carboxylic acids is 1. The van der Waals surface area contributed by atoms with Gasteiger partial charge in [-0.15, -0.1) is 0 Å². The highest BCUT2D eigenvalue weighted by molar-refractivity contribution is 6.03. The number of nitrogens with one attached hydrogen (secondary N) is 1. The van der Waals surface area contributed by atoms with Crippen LogP contribution >= 0.6 is 0 Å². The number of aromatic nitrogens is 2. The summed E-state index contributed by atoms with van der Waals surface area (Å²) in [6.07, 6.45) is 6.13. The zero-order chi connectivity index (χ0) is 25.7. The van der Waals surface area contributed by atoms with E-state index in [1.807, 2.05) is 78.9 Å². The number of carbonyl (C=O) groups is 1. The minimum Gasteiger partial charge on any atom is -0.497 e. The first-order valence-electron chi connectivity index (χ1n) is 12.9. The summed E-state index contributed by atoms with van der Waals surface area (Å²) in [5.41, 5.74) is 3.27. The van der Waals surface area contributed by atoms with Gasteiger partial charge in [-0.2, -0.15) is 9.78 Å². The molecule has 6 nitrogen and oxygen atoms in total. The number of para-hydroxylation sites is 1. The molecule has 1 aliphatic carbocycles. The van der Waals surface area contributed by atoms with Gasteiger partial charge in [0.1, 0.15) is 17.0 Å². The first-order valence-corrected chi connectivity index (χ1v) is 12.9. The van der Waals surface area contributed by atoms with Gasteiger partial charge in [0, 0.05) is 5.56 Å². The van der Waals surface area contributed by atoms with Crippen LogP contribution in [0.3, 0.4) is 0 Å². The van der Waals surface area contributed by atoms with Gasteiger partial charge in [0.25, 0.3) is 5.91 Å². The second kappa shape index (κ2) is 10.9. The number of hydrogen-bond donors (Lipinski definition) is 1. The molecule has 1 amide bonds. The SMILES string of the molecule is COc1cccc(C2(NC(=O)c3c(-c4ccccc4)nn(-c4ccccc4)c3OC)CCCCCC2)c1. The fourth-order valence-electron chi connectivity index (χ4n) is 5.36. The Bertz CT molecular complexity index is 1340. The van der Waals surface area contributed by atoms with E-state index in [0.29, 0.717) is 17.1 Å². The molecule has 0 saturated heterocycles. The predicted octanol–water partition coefficient (Wildman–Crippen LogP) is 6.54. The van der Waals surface area contributed by atoms with E-state index in [9.17, 15) is 4.79 Å². The zero-order valence-corrected chi connectivity index (χ0v) is 21.4. The quantitative estimate of drug-likeness (QED) is 0.296. The van der Waals surface area contributed by atoms with E-state index < -0.39 is 5.54 Å². The van der Waals surface area contributed by atoms with Gasteiger partial charge in [-0.05, 0) is 42.7 Å². The molecule has 37 heavy (non-hydrogen) atoms. The van der Waals surface area contributed by atoms with Gasteiger partial charge in [-0.25, -0.2) is 0 Å². The van der Waals surface area contributed by atoms with Crippen LogP contribution in [0.1, 0.15) is 54.4 Å². The van der Waals surface area contributed by atoms with Crippen LogP contribution in [-0.4, -0.2) is 29.9 Å². The molecule has 5 rings (SSSR count). The largest absolute Gasteiger partial charge is 0.497 e. The zero-order valence-electron chi connectivity index (χ0n) is 21.4. The maximum Gasteiger partial charge on any atom is 0.259 e. The summed E-state index contributed by atoms with van der Waals surface area (Å²) in [6.45, 7) is 0. The molecular weight excluding hydrogens is 462 g/mol. The van der Waals surface area contributed by atoms with Crippen molar-refractivity contribution in [1.82, 2.24) is 15.1 Å². The number of amides is 1. The molecule has 0 radical (unpaired) electrons. The summed E-state index contributed by atoms with van der Waals surface area (Å²) in [4.78, 5) is 14.3. The number of nitrogens with zero attached hydrogens (tertiary/aromatic N) is 2. The second-order valence-corrected chi connectivity index (χ2v) is 9.53. The molecule has 3 aromatic carbocycles. The number of rotatable bonds is 7. The Morgan fingerprint density at radius 1 is 0.838 bits per heavy atom. The maximum atomic E-state index is 14.3. The normalized spacial score (nSPS) is 15.0. The highest BCUT2D eigenvalue weighted by atomic mass is 16.5. The van der Waals surface area contributed by atoms with Crippen molar-refractivity contribution in [3.8, 4) is 28.6 Å². The lowest BCUT2D eigenvalue weighted by Crippen LogP contribution is -2.45. The first kappa shape index (κ1) is 24.6. The van der Waals surface area contributed by atoms with Gasteiger partial charge in [-0.3, -0.25) is 4.79 Å². The lowest BCUT2D eigenvalue weighted by molar-refractivity contribution is 0.0882. The van der Waals surface area contributed by atoms with Crippen LogP contribution in [0, 0.1) is 0 Å². The van der Waals surface area contributed by atoms with E-state index in [1.165, 1.54) is 0 Å². The molecule has 1 fully saturated rings. The van der Waals surface area contributed by atoms with Crippen molar-refractivity contribution in [3.05, 3.63) is 96.1 Å². The van der Waals surface area contributed by atoms with E-state index in [0.717, 1.165) is 61.1 Å². The second-order valence-electron chi connectivity index (χ2n) is 9.53. The van der Waals surface area contributed by atoms with Crippen molar-refractivity contribution in [1.29, 1.82) is 0 Å². The number of hydrogen-bond acceptors (Lipinski definition) is 4. The Labute approximate surface area is 218 Å². The van der Waals surface area contributed by atoms with E-state index in [1.54, 1.807) is 18.9 Å².